The molecule has 8 heteroatoms. The van der Waals surface area contributed by atoms with E-state index in [1.54, 1.807) is 15.9 Å². The van der Waals surface area contributed by atoms with Crippen LogP contribution < -0.4 is 10.2 Å². The standard InChI is InChI=1S/C18H22N6OS/c1-12-10-16(24-18(21-12)19-11-20-24)23-7-5-14(6-8-23)17(25)22-13(2)15-4-3-9-26-15/h3-4,9-11,13-14H,5-8H2,1-2H3,(H,22,25)/t13-/m1/s1. The summed E-state index contributed by atoms with van der Waals surface area (Å²) in [4.78, 5) is 24.6. The van der Waals surface area contributed by atoms with Crippen molar-refractivity contribution in [2.45, 2.75) is 32.7 Å². The van der Waals surface area contributed by atoms with Gasteiger partial charge >= 0.3 is 0 Å². The molecule has 1 fully saturated rings. The highest BCUT2D eigenvalue weighted by Crippen LogP contribution is 2.25. The topological polar surface area (TPSA) is 75.4 Å². The van der Waals surface area contributed by atoms with Crippen LogP contribution in [-0.2, 0) is 4.79 Å². The van der Waals surface area contributed by atoms with Crippen LogP contribution in [0.25, 0.3) is 5.78 Å². The number of aryl methyl sites for hydroxylation is 1. The highest BCUT2D eigenvalue weighted by atomic mass is 32.1. The minimum Gasteiger partial charge on any atom is -0.356 e. The van der Waals surface area contributed by atoms with Crippen molar-refractivity contribution in [1.82, 2.24) is 24.9 Å². The largest absolute Gasteiger partial charge is 0.356 e. The number of carbonyl (C=O) groups is 1. The number of fused-ring (bicyclic) bond motifs is 1. The number of amides is 1. The third-order valence-electron chi connectivity index (χ3n) is 4.88. The smallest absolute Gasteiger partial charge is 0.254 e. The molecule has 0 spiro atoms. The van der Waals surface area contributed by atoms with Gasteiger partial charge in [-0.2, -0.15) is 14.6 Å². The lowest BCUT2D eigenvalue weighted by molar-refractivity contribution is -0.126. The average molecular weight is 370 g/mol. The van der Waals surface area contributed by atoms with E-state index in [9.17, 15) is 4.79 Å². The maximum Gasteiger partial charge on any atom is 0.254 e. The van der Waals surface area contributed by atoms with Gasteiger partial charge in [0, 0.05) is 35.6 Å². The molecule has 0 aliphatic carbocycles. The highest BCUT2D eigenvalue weighted by molar-refractivity contribution is 7.10. The van der Waals surface area contributed by atoms with Gasteiger partial charge in [0.2, 0.25) is 5.91 Å². The molecule has 1 saturated heterocycles. The number of piperidine rings is 1. The third kappa shape index (κ3) is 3.29. The van der Waals surface area contributed by atoms with Crippen LogP contribution in [0.4, 0.5) is 5.82 Å². The molecule has 0 aromatic carbocycles. The van der Waals surface area contributed by atoms with Crippen molar-refractivity contribution in [3.8, 4) is 0 Å². The van der Waals surface area contributed by atoms with Gasteiger partial charge in [-0.3, -0.25) is 4.79 Å². The zero-order chi connectivity index (χ0) is 18.1. The molecule has 4 rings (SSSR count). The van der Waals surface area contributed by atoms with Crippen LogP contribution in [0.3, 0.4) is 0 Å². The van der Waals surface area contributed by atoms with E-state index in [4.69, 9.17) is 0 Å². The molecule has 3 aromatic heterocycles. The number of aromatic nitrogens is 4. The number of anilines is 1. The number of nitrogens with zero attached hydrogens (tertiary/aromatic N) is 5. The minimum absolute atomic E-state index is 0.0582. The molecule has 7 nitrogen and oxygen atoms in total. The van der Waals surface area contributed by atoms with Crippen LogP contribution in [0.2, 0.25) is 0 Å². The predicted octanol–water partition coefficient (Wildman–Crippen LogP) is 2.59. The summed E-state index contributed by atoms with van der Waals surface area (Å²) in [6.45, 7) is 5.65. The van der Waals surface area contributed by atoms with E-state index in [1.165, 1.54) is 11.2 Å². The first-order valence-electron chi connectivity index (χ1n) is 8.88. The van der Waals surface area contributed by atoms with Gasteiger partial charge in [0.1, 0.15) is 12.1 Å². The molecule has 3 aromatic rings. The second-order valence-electron chi connectivity index (χ2n) is 6.73. The molecule has 0 radical (unpaired) electrons. The number of hydrogen-bond donors (Lipinski definition) is 1. The summed E-state index contributed by atoms with van der Waals surface area (Å²) >= 11 is 1.68. The fourth-order valence-corrected chi connectivity index (χ4v) is 4.18. The summed E-state index contributed by atoms with van der Waals surface area (Å²) in [6, 6.07) is 6.18. The summed E-state index contributed by atoms with van der Waals surface area (Å²) in [5, 5.41) is 9.48. The summed E-state index contributed by atoms with van der Waals surface area (Å²) < 4.78 is 1.77. The summed E-state index contributed by atoms with van der Waals surface area (Å²) in [6.07, 6.45) is 3.19. The number of thiophene rings is 1. The Morgan fingerprint density at radius 3 is 2.92 bits per heavy atom. The molecule has 4 heterocycles. The van der Waals surface area contributed by atoms with Gasteiger partial charge < -0.3 is 10.2 Å². The van der Waals surface area contributed by atoms with Crippen molar-refractivity contribution in [3.05, 3.63) is 40.5 Å². The van der Waals surface area contributed by atoms with E-state index in [-0.39, 0.29) is 17.9 Å². The molecular weight excluding hydrogens is 348 g/mol. The normalized spacial score (nSPS) is 16.8. The number of carbonyl (C=O) groups excluding carboxylic acids is 1. The molecular formula is C18H22N6OS. The number of nitrogens with one attached hydrogen (secondary N) is 1. The van der Waals surface area contributed by atoms with Crippen LogP contribution in [0, 0.1) is 12.8 Å². The Bertz CT molecular complexity index is 898. The van der Waals surface area contributed by atoms with Crippen molar-refractivity contribution in [3.63, 3.8) is 0 Å². The highest BCUT2D eigenvalue weighted by Gasteiger charge is 2.27. The van der Waals surface area contributed by atoms with Gasteiger partial charge in [0.25, 0.3) is 5.78 Å². The summed E-state index contributed by atoms with van der Waals surface area (Å²) in [7, 11) is 0. The van der Waals surface area contributed by atoms with Gasteiger partial charge in [-0.05, 0) is 38.1 Å². The SMILES string of the molecule is Cc1cc(N2CCC(C(=O)N[C@H](C)c3cccs3)CC2)n2ncnc2n1. The molecule has 1 amide bonds. The molecule has 1 N–H and O–H groups in total. The van der Waals surface area contributed by atoms with Crippen LogP contribution in [0.1, 0.15) is 36.4 Å². The van der Waals surface area contributed by atoms with Crippen molar-refractivity contribution in [2.75, 3.05) is 18.0 Å². The Balaban J connectivity index is 1.40. The van der Waals surface area contributed by atoms with E-state index in [1.807, 2.05) is 31.4 Å². The van der Waals surface area contributed by atoms with E-state index < -0.39 is 0 Å². The Hall–Kier alpha value is -2.48. The fraction of sp³-hybridized carbons (Fsp3) is 0.444. The zero-order valence-corrected chi connectivity index (χ0v) is 15.7. The maximum atomic E-state index is 12.6. The quantitative estimate of drug-likeness (QED) is 0.764. The first kappa shape index (κ1) is 17.0. The van der Waals surface area contributed by atoms with Gasteiger partial charge in [0.15, 0.2) is 0 Å². The summed E-state index contributed by atoms with van der Waals surface area (Å²) in [5.74, 6) is 1.82. The average Bonchev–Trinajstić information content (AvgIpc) is 3.32. The molecule has 1 aliphatic rings. The second-order valence-corrected chi connectivity index (χ2v) is 7.71. The van der Waals surface area contributed by atoms with Crippen molar-refractivity contribution in [1.29, 1.82) is 0 Å². The molecule has 0 unspecified atom stereocenters. The Morgan fingerprint density at radius 1 is 1.38 bits per heavy atom. The van der Waals surface area contributed by atoms with Gasteiger partial charge in [-0.15, -0.1) is 11.3 Å². The van der Waals surface area contributed by atoms with Gasteiger partial charge in [0.05, 0.1) is 6.04 Å². The van der Waals surface area contributed by atoms with E-state index >= 15 is 0 Å². The maximum absolute atomic E-state index is 12.6. The Morgan fingerprint density at radius 2 is 2.19 bits per heavy atom. The monoisotopic (exact) mass is 370 g/mol. The zero-order valence-electron chi connectivity index (χ0n) is 14.9. The molecule has 136 valence electrons. The second kappa shape index (κ2) is 7.03. The molecule has 0 bridgehead atoms. The van der Waals surface area contributed by atoms with Crippen LogP contribution in [0.15, 0.2) is 29.9 Å². The first-order valence-corrected chi connectivity index (χ1v) is 9.76. The van der Waals surface area contributed by atoms with Crippen molar-refractivity contribution >= 4 is 28.8 Å². The van der Waals surface area contributed by atoms with Crippen LogP contribution >= 0.6 is 11.3 Å². The van der Waals surface area contributed by atoms with Gasteiger partial charge in [-0.1, -0.05) is 6.07 Å². The van der Waals surface area contributed by atoms with Crippen molar-refractivity contribution < 1.29 is 4.79 Å². The lowest BCUT2D eigenvalue weighted by Crippen LogP contribution is -2.41. The Labute approximate surface area is 156 Å². The minimum atomic E-state index is 0.0582. The van der Waals surface area contributed by atoms with E-state index in [2.05, 4.69) is 31.3 Å². The molecule has 1 aliphatic heterocycles. The molecule has 26 heavy (non-hydrogen) atoms. The van der Waals surface area contributed by atoms with E-state index in [0.29, 0.717) is 5.78 Å². The number of rotatable bonds is 4. The van der Waals surface area contributed by atoms with Crippen LogP contribution in [-0.4, -0.2) is 38.6 Å². The summed E-state index contributed by atoms with van der Waals surface area (Å²) in [5.41, 5.74) is 0.921. The van der Waals surface area contributed by atoms with E-state index in [0.717, 1.165) is 37.4 Å². The fourth-order valence-electron chi connectivity index (χ4n) is 3.45. The molecule has 0 saturated carbocycles. The number of hydrogen-bond acceptors (Lipinski definition) is 6. The Kier molecular flexibility index (Phi) is 4.58. The predicted molar refractivity (Wildman–Crippen MR) is 101 cm³/mol. The third-order valence-corrected chi connectivity index (χ3v) is 5.93. The van der Waals surface area contributed by atoms with Crippen LogP contribution in [0.5, 0.6) is 0 Å². The first-order chi connectivity index (χ1) is 12.6. The lowest BCUT2D eigenvalue weighted by Gasteiger charge is -2.33. The van der Waals surface area contributed by atoms with Crippen molar-refractivity contribution in [2.24, 2.45) is 5.92 Å². The van der Waals surface area contributed by atoms with Gasteiger partial charge in [-0.25, -0.2) is 4.98 Å². The molecule has 1 atom stereocenters. The lowest BCUT2D eigenvalue weighted by atomic mass is 9.95.